The molecule has 1 amide bonds. The number of carboxylic acids is 1. The largest absolute Gasteiger partial charge is 0.480 e. The lowest BCUT2D eigenvalue weighted by atomic mass is 9.85. The number of hydrogen-bond acceptors (Lipinski definition) is 4. The number of carbonyl (C=O) groups excluding carboxylic acids is 1. The molecule has 2 rings (SSSR count). The first-order chi connectivity index (χ1) is 12.3. The summed E-state index contributed by atoms with van der Waals surface area (Å²) in [6.45, 7) is 6.10. The number of benzene rings is 1. The van der Waals surface area contributed by atoms with Gasteiger partial charge in [-0.2, -0.15) is 0 Å². The molecular formula is C20H25N3O3. The number of anilines is 1. The molecule has 0 aliphatic heterocycles. The predicted molar refractivity (Wildman–Crippen MR) is 101 cm³/mol. The van der Waals surface area contributed by atoms with Gasteiger partial charge in [-0.3, -0.25) is 14.6 Å². The third-order valence-electron chi connectivity index (χ3n) is 3.81. The fourth-order valence-electron chi connectivity index (χ4n) is 2.69. The molecule has 0 saturated carbocycles. The van der Waals surface area contributed by atoms with E-state index in [1.54, 1.807) is 36.7 Å². The van der Waals surface area contributed by atoms with Gasteiger partial charge in [0.2, 0.25) is 0 Å². The summed E-state index contributed by atoms with van der Waals surface area (Å²) >= 11 is 0. The van der Waals surface area contributed by atoms with E-state index in [1.165, 1.54) is 0 Å². The van der Waals surface area contributed by atoms with Gasteiger partial charge in [0.15, 0.2) is 0 Å². The highest BCUT2D eigenvalue weighted by Crippen LogP contribution is 2.29. The minimum Gasteiger partial charge on any atom is -0.480 e. The summed E-state index contributed by atoms with van der Waals surface area (Å²) in [6.07, 6.45) is 4.20. The van der Waals surface area contributed by atoms with Crippen molar-refractivity contribution in [2.24, 2.45) is 5.41 Å². The van der Waals surface area contributed by atoms with Gasteiger partial charge in [0.05, 0.1) is 11.6 Å². The number of nitrogens with one attached hydrogen (secondary N) is 2. The highest BCUT2D eigenvalue weighted by atomic mass is 16.4. The first kappa shape index (κ1) is 19.4. The van der Waals surface area contributed by atoms with Gasteiger partial charge in [0.25, 0.3) is 5.91 Å². The SMILES string of the molecule is CC(C)(C)C[C@H](NC(=O)c1ccccc1NCC(=O)O)c1cccnc1. The van der Waals surface area contributed by atoms with Crippen LogP contribution in [0.25, 0.3) is 0 Å². The molecule has 3 N–H and O–H groups in total. The summed E-state index contributed by atoms with van der Waals surface area (Å²) in [4.78, 5) is 27.8. The zero-order valence-corrected chi connectivity index (χ0v) is 15.3. The van der Waals surface area contributed by atoms with Crippen LogP contribution in [-0.4, -0.2) is 28.5 Å². The van der Waals surface area contributed by atoms with Gasteiger partial charge in [0, 0.05) is 18.1 Å². The second kappa shape index (κ2) is 8.47. The molecule has 0 saturated heterocycles. The standard InChI is InChI=1S/C20H25N3O3/c1-20(2,3)11-17(14-7-6-10-21-12-14)23-19(26)15-8-4-5-9-16(15)22-13-18(24)25/h4-10,12,17,22H,11,13H2,1-3H3,(H,23,26)(H,24,25)/t17-/m0/s1. The third-order valence-corrected chi connectivity index (χ3v) is 3.81. The van der Waals surface area contributed by atoms with Crippen LogP contribution in [0.2, 0.25) is 0 Å². The molecule has 6 heteroatoms. The van der Waals surface area contributed by atoms with E-state index in [9.17, 15) is 9.59 Å². The number of nitrogens with zero attached hydrogens (tertiary/aromatic N) is 1. The number of carbonyl (C=O) groups is 2. The van der Waals surface area contributed by atoms with Crippen molar-refractivity contribution >= 4 is 17.6 Å². The van der Waals surface area contributed by atoms with E-state index in [-0.39, 0.29) is 23.9 Å². The van der Waals surface area contributed by atoms with Crippen LogP contribution in [0.15, 0.2) is 48.8 Å². The molecule has 138 valence electrons. The van der Waals surface area contributed by atoms with E-state index in [1.807, 2.05) is 12.1 Å². The van der Waals surface area contributed by atoms with Gasteiger partial charge in [-0.25, -0.2) is 0 Å². The van der Waals surface area contributed by atoms with Crippen molar-refractivity contribution in [1.29, 1.82) is 0 Å². The van der Waals surface area contributed by atoms with Crippen LogP contribution < -0.4 is 10.6 Å². The quantitative estimate of drug-likeness (QED) is 0.707. The lowest BCUT2D eigenvalue weighted by Crippen LogP contribution is -2.32. The third kappa shape index (κ3) is 5.88. The van der Waals surface area contributed by atoms with Crippen LogP contribution in [0.1, 0.15) is 49.2 Å². The molecule has 0 aliphatic rings. The normalized spacial score (nSPS) is 12.3. The van der Waals surface area contributed by atoms with Crippen LogP contribution >= 0.6 is 0 Å². The Hall–Kier alpha value is -2.89. The lowest BCUT2D eigenvalue weighted by Gasteiger charge is -2.27. The molecule has 1 atom stereocenters. The van der Waals surface area contributed by atoms with Crippen LogP contribution in [-0.2, 0) is 4.79 Å². The predicted octanol–water partition coefficient (Wildman–Crippen LogP) is 3.49. The van der Waals surface area contributed by atoms with E-state index in [0.29, 0.717) is 11.3 Å². The number of hydrogen-bond donors (Lipinski definition) is 3. The van der Waals surface area contributed by atoms with Crippen molar-refractivity contribution in [2.75, 3.05) is 11.9 Å². The summed E-state index contributed by atoms with van der Waals surface area (Å²) in [5.41, 5.74) is 1.85. The van der Waals surface area contributed by atoms with Gasteiger partial charge in [-0.1, -0.05) is 39.0 Å². The van der Waals surface area contributed by atoms with E-state index in [0.717, 1.165) is 12.0 Å². The molecule has 1 aromatic heterocycles. The van der Waals surface area contributed by atoms with Gasteiger partial charge in [0.1, 0.15) is 6.54 Å². The number of aliphatic carboxylic acids is 1. The van der Waals surface area contributed by atoms with E-state index in [2.05, 4.69) is 36.4 Å². The maximum absolute atomic E-state index is 12.9. The Balaban J connectivity index is 2.23. The molecule has 0 fully saturated rings. The first-order valence-electron chi connectivity index (χ1n) is 8.52. The smallest absolute Gasteiger partial charge is 0.322 e. The van der Waals surface area contributed by atoms with Gasteiger partial charge in [-0.05, 0) is 35.6 Å². The Morgan fingerprint density at radius 1 is 1.15 bits per heavy atom. The highest BCUT2D eigenvalue weighted by Gasteiger charge is 2.23. The maximum atomic E-state index is 12.9. The summed E-state index contributed by atoms with van der Waals surface area (Å²) in [6, 6.07) is 10.5. The molecule has 0 aliphatic carbocycles. The van der Waals surface area contributed by atoms with E-state index < -0.39 is 5.97 Å². The minimum atomic E-state index is -0.985. The fraction of sp³-hybridized carbons (Fsp3) is 0.350. The Morgan fingerprint density at radius 2 is 1.88 bits per heavy atom. The Kier molecular flexibility index (Phi) is 6.33. The highest BCUT2D eigenvalue weighted by molar-refractivity contribution is 6.00. The molecule has 2 aromatic rings. The van der Waals surface area contributed by atoms with Gasteiger partial charge in [-0.15, -0.1) is 0 Å². The molecule has 0 bridgehead atoms. The second-order valence-electron chi connectivity index (χ2n) is 7.37. The average Bonchev–Trinajstić information content (AvgIpc) is 2.59. The van der Waals surface area contributed by atoms with E-state index in [4.69, 9.17) is 5.11 Å². The van der Waals surface area contributed by atoms with Crippen LogP contribution in [0.3, 0.4) is 0 Å². The minimum absolute atomic E-state index is 0.00879. The number of carboxylic acid groups (broad SMARTS) is 1. The first-order valence-corrected chi connectivity index (χ1v) is 8.52. The number of para-hydroxylation sites is 1. The number of amides is 1. The van der Waals surface area contributed by atoms with Crippen molar-refractivity contribution < 1.29 is 14.7 Å². The molecule has 1 aromatic carbocycles. The number of pyridine rings is 1. The van der Waals surface area contributed by atoms with Crippen molar-refractivity contribution in [2.45, 2.75) is 33.2 Å². The zero-order chi connectivity index (χ0) is 19.2. The molecule has 6 nitrogen and oxygen atoms in total. The summed E-state index contributed by atoms with van der Waals surface area (Å²) in [7, 11) is 0. The monoisotopic (exact) mass is 355 g/mol. The van der Waals surface area contributed by atoms with Crippen LogP contribution in [0.5, 0.6) is 0 Å². The molecule has 26 heavy (non-hydrogen) atoms. The fourth-order valence-corrected chi connectivity index (χ4v) is 2.69. The number of rotatable bonds is 7. The summed E-state index contributed by atoms with van der Waals surface area (Å²) in [5, 5.41) is 14.7. The maximum Gasteiger partial charge on any atom is 0.322 e. The Labute approximate surface area is 153 Å². The molecule has 0 unspecified atom stereocenters. The second-order valence-corrected chi connectivity index (χ2v) is 7.37. The average molecular weight is 355 g/mol. The molecule has 0 radical (unpaired) electrons. The zero-order valence-electron chi connectivity index (χ0n) is 15.3. The lowest BCUT2D eigenvalue weighted by molar-refractivity contribution is -0.134. The van der Waals surface area contributed by atoms with Crippen molar-refractivity contribution in [3.8, 4) is 0 Å². The van der Waals surface area contributed by atoms with E-state index >= 15 is 0 Å². The van der Waals surface area contributed by atoms with Crippen molar-refractivity contribution in [1.82, 2.24) is 10.3 Å². The van der Waals surface area contributed by atoms with Crippen LogP contribution in [0, 0.1) is 5.41 Å². The number of aromatic nitrogens is 1. The van der Waals surface area contributed by atoms with Gasteiger partial charge >= 0.3 is 5.97 Å². The topological polar surface area (TPSA) is 91.3 Å². The Bertz CT molecular complexity index is 754. The van der Waals surface area contributed by atoms with Gasteiger partial charge < -0.3 is 15.7 Å². The van der Waals surface area contributed by atoms with Crippen LogP contribution in [0.4, 0.5) is 5.69 Å². The summed E-state index contributed by atoms with van der Waals surface area (Å²) < 4.78 is 0. The molecular weight excluding hydrogens is 330 g/mol. The Morgan fingerprint density at radius 3 is 2.50 bits per heavy atom. The summed E-state index contributed by atoms with van der Waals surface area (Å²) in [5.74, 6) is -1.24. The van der Waals surface area contributed by atoms with Crippen molar-refractivity contribution in [3.05, 3.63) is 59.9 Å². The molecule has 1 heterocycles. The van der Waals surface area contributed by atoms with Crippen molar-refractivity contribution in [3.63, 3.8) is 0 Å². The molecule has 0 spiro atoms.